The summed E-state index contributed by atoms with van der Waals surface area (Å²) >= 11 is 1.33. The first-order valence-corrected chi connectivity index (χ1v) is 14.9. The number of aliphatic imine (C=N–C) groups is 1. The molecule has 1 saturated carbocycles. The number of rotatable bonds is 10. The van der Waals surface area contributed by atoms with Gasteiger partial charge in [-0.15, -0.1) is 0 Å². The second-order valence-electron chi connectivity index (χ2n) is 10.2. The Morgan fingerprint density at radius 1 is 0.951 bits per heavy atom. The van der Waals surface area contributed by atoms with E-state index in [0.29, 0.717) is 40.6 Å². The summed E-state index contributed by atoms with van der Waals surface area (Å²) in [7, 11) is 0. The van der Waals surface area contributed by atoms with Gasteiger partial charge in [0.05, 0.1) is 23.1 Å². The highest BCUT2D eigenvalue weighted by Gasteiger charge is 2.32. The first kappa shape index (κ1) is 28.5. The predicted octanol–water partition coefficient (Wildman–Crippen LogP) is 7.23. The number of nitrogens with zero attached hydrogens (tertiary/aromatic N) is 2. The lowest BCUT2D eigenvalue weighted by molar-refractivity contribution is -0.136. The zero-order valence-electron chi connectivity index (χ0n) is 23.1. The van der Waals surface area contributed by atoms with Gasteiger partial charge >= 0.3 is 5.97 Å². The van der Waals surface area contributed by atoms with Crippen LogP contribution in [0.1, 0.15) is 55.7 Å². The Labute approximate surface area is 244 Å². The summed E-state index contributed by atoms with van der Waals surface area (Å²) in [5.41, 5.74) is 3.34. The zero-order valence-corrected chi connectivity index (χ0v) is 23.9. The van der Waals surface area contributed by atoms with E-state index in [1.165, 1.54) is 31.0 Å². The van der Waals surface area contributed by atoms with Gasteiger partial charge in [-0.3, -0.25) is 14.5 Å². The van der Waals surface area contributed by atoms with Gasteiger partial charge in [-0.05, 0) is 104 Å². The van der Waals surface area contributed by atoms with Crippen LogP contribution in [0, 0.1) is 0 Å². The smallest absolute Gasteiger partial charge is 0.307 e. The van der Waals surface area contributed by atoms with Gasteiger partial charge in [0.25, 0.3) is 5.91 Å². The Balaban J connectivity index is 1.18. The number of thioether (sulfide) groups is 1. The largest absolute Gasteiger partial charge is 0.490 e. The van der Waals surface area contributed by atoms with Gasteiger partial charge in [-0.2, -0.15) is 0 Å². The quantitative estimate of drug-likeness (QED) is 0.259. The lowest BCUT2D eigenvalue weighted by Crippen LogP contribution is -2.28. The minimum absolute atomic E-state index is 0.0369. The average Bonchev–Trinajstić information content (AvgIpc) is 3.27. The van der Waals surface area contributed by atoms with Crippen molar-refractivity contribution in [2.75, 3.05) is 6.54 Å². The highest BCUT2D eigenvalue weighted by atomic mass is 32.2. The number of amides is 1. The molecule has 1 aliphatic heterocycles. The number of ether oxygens (including phenoxy) is 2. The summed E-state index contributed by atoms with van der Waals surface area (Å²) < 4.78 is 12.1. The third-order valence-electron chi connectivity index (χ3n) is 7.08. The van der Waals surface area contributed by atoms with Gasteiger partial charge in [-0.25, -0.2) is 4.99 Å². The molecular weight excluding hydrogens is 536 g/mol. The summed E-state index contributed by atoms with van der Waals surface area (Å²) in [5.74, 6) is 0.706. The number of carboxylic acids is 1. The Kier molecular flexibility index (Phi) is 9.41. The maximum atomic E-state index is 13.0. The fraction of sp³-hybridized carbons (Fsp3) is 0.303. The lowest BCUT2D eigenvalue weighted by atomic mass is 9.98. The lowest BCUT2D eigenvalue weighted by Gasteiger charge is -2.23. The van der Waals surface area contributed by atoms with Gasteiger partial charge in [0.2, 0.25) is 0 Å². The van der Waals surface area contributed by atoms with Crippen LogP contribution in [0.2, 0.25) is 0 Å². The Morgan fingerprint density at radius 3 is 2.27 bits per heavy atom. The standard InChI is InChI=1S/C33H34N2O5S/c1-2-35-32(38)30(41-33(35)34-26-14-8-24(9-15-26)21-31(36)37)20-23-10-16-27(17-11-23)39-22-25-12-18-29(19-13-25)40-28-6-4-3-5-7-28/h8-20,28H,2-7,21-22H2,1H3,(H,36,37)/b30-20-,34-33?. The molecule has 0 aromatic heterocycles. The molecule has 1 aliphatic carbocycles. The summed E-state index contributed by atoms with van der Waals surface area (Å²) in [6, 6.07) is 22.8. The van der Waals surface area contributed by atoms with Crippen molar-refractivity contribution in [1.29, 1.82) is 0 Å². The first-order valence-electron chi connectivity index (χ1n) is 14.1. The van der Waals surface area contributed by atoms with Crippen LogP contribution < -0.4 is 9.47 Å². The SMILES string of the molecule is CCN1C(=O)/C(=C/c2ccc(OCc3ccc(OC4CCCCC4)cc3)cc2)SC1=Nc1ccc(CC(=O)O)cc1. The molecular formula is C33H34N2O5S. The fourth-order valence-electron chi connectivity index (χ4n) is 4.86. The molecule has 1 amide bonds. The second-order valence-corrected chi connectivity index (χ2v) is 11.2. The number of carbonyl (C=O) groups is 2. The first-order chi connectivity index (χ1) is 20.0. The Bertz CT molecular complexity index is 1410. The van der Waals surface area contributed by atoms with Crippen molar-refractivity contribution in [2.45, 2.75) is 58.2 Å². The molecule has 0 unspecified atom stereocenters. The number of amidine groups is 1. The number of benzene rings is 3. The maximum absolute atomic E-state index is 13.0. The third-order valence-corrected chi connectivity index (χ3v) is 8.09. The third kappa shape index (κ3) is 7.79. The molecule has 2 fully saturated rings. The molecule has 1 N–H and O–H groups in total. The van der Waals surface area contributed by atoms with E-state index in [4.69, 9.17) is 14.6 Å². The van der Waals surface area contributed by atoms with Crippen molar-refractivity contribution in [3.63, 3.8) is 0 Å². The molecule has 1 saturated heterocycles. The van der Waals surface area contributed by atoms with Crippen LogP contribution in [0.3, 0.4) is 0 Å². The number of likely N-dealkylation sites (N-methyl/N-ethyl adjacent to an activating group) is 1. The molecule has 3 aromatic carbocycles. The van der Waals surface area contributed by atoms with E-state index in [-0.39, 0.29) is 12.3 Å². The van der Waals surface area contributed by atoms with Crippen molar-refractivity contribution in [3.05, 3.63) is 94.4 Å². The van der Waals surface area contributed by atoms with E-state index in [9.17, 15) is 9.59 Å². The van der Waals surface area contributed by atoms with Crippen LogP contribution in [-0.4, -0.2) is 39.7 Å². The summed E-state index contributed by atoms with van der Waals surface area (Å²) in [4.78, 5) is 30.8. The molecule has 0 spiro atoms. The zero-order chi connectivity index (χ0) is 28.6. The number of carboxylic acid groups (broad SMARTS) is 1. The normalized spacial score (nSPS) is 17.8. The molecule has 3 aromatic rings. The minimum atomic E-state index is -0.877. The minimum Gasteiger partial charge on any atom is -0.490 e. The second kappa shape index (κ2) is 13.5. The van der Waals surface area contributed by atoms with Crippen LogP contribution in [0.15, 0.2) is 82.7 Å². The van der Waals surface area contributed by atoms with E-state index in [1.54, 1.807) is 29.2 Å². The van der Waals surface area contributed by atoms with Crippen LogP contribution in [-0.2, 0) is 22.6 Å². The molecule has 0 atom stereocenters. The number of carbonyl (C=O) groups excluding carboxylic acids is 1. The van der Waals surface area contributed by atoms with Gasteiger partial charge < -0.3 is 14.6 Å². The highest BCUT2D eigenvalue weighted by Crippen LogP contribution is 2.34. The molecule has 2 aliphatic rings. The van der Waals surface area contributed by atoms with Crippen LogP contribution >= 0.6 is 11.8 Å². The Morgan fingerprint density at radius 2 is 1.61 bits per heavy atom. The molecule has 212 valence electrons. The van der Waals surface area contributed by atoms with Crippen molar-refractivity contribution in [1.82, 2.24) is 4.90 Å². The maximum Gasteiger partial charge on any atom is 0.307 e. The topological polar surface area (TPSA) is 88.4 Å². The molecule has 0 bridgehead atoms. The number of hydrogen-bond acceptors (Lipinski definition) is 6. The fourth-order valence-corrected chi connectivity index (χ4v) is 5.92. The number of aliphatic carboxylic acids is 1. The monoisotopic (exact) mass is 570 g/mol. The molecule has 7 nitrogen and oxygen atoms in total. The summed E-state index contributed by atoms with van der Waals surface area (Å²) in [5, 5.41) is 9.56. The van der Waals surface area contributed by atoms with Crippen molar-refractivity contribution >= 4 is 40.6 Å². The van der Waals surface area contributed by atoms with Crippen LogP contribution in [0.25, 0.3) is 6.08 Å². The van der Waals surface area contributed by atoms with Crippen LogP contribution in [0.5, 0.6) is 11.5 Å². The van der Waals surface area contributed by atoms with Gasteiger partial charge in [0, 0.05) is 6.54 Å². The molecule has 41 heavy (non-hydrogen) atoms. The van der Waals surface area contributed by atoms with Crippen molar-refractivity contribution < 1.29 is 24.2 Å². The van der Waals surface area contributed by atoms with Crippen molar-refractivity contribution in [2.24, 2.45) is 4.99 Å². The molecule has 8 heteroatoms. The van der Waals surface area contributed by atoms with Crippen LogP contribution in [0.4, 0.5) is 5.69 Å². The highest BCUT2D eigenvalue weighted by molar-refractivity contribution is 8.18. The van der Waals surface area contributed by atoms with E-state index in [2.05, 4.69) is 4.99 Å². The molecule has 5 rings (SSSR count). The molecule has 1 heterocycles. The van der Waals surface area contributed by atoms with Crippen molar-refractivity contribution in [3.8, 4) is 11.5 Å². The Hall–Kier alpha value is -4.04. The average molecular weight is 571 g/mol. The molecule has 0 radical (unpaired) electrons. The number of hydrogen-bond donors (Lipinski definition) is 1. The van der Waals surface area contributed by atoms with Gasteiger partial charge in [-0.1, -0.05) is 42.8 Å². The summed E-state index contributed by atoms with van der Waals surface area (Å²) in [6.45, 7) is 2.87. The summed E-state index contributed by atoms with van der Waals surface area (Å²) in [6.07, 6.45) is 8.26. The van der Waals surface area contributed by atoms with Gasteiger partial charge in [0.1, 0.15) is 18.1 Å². The van der Waals surface area contributed by atoms with E-state index in [1.807, 2.05) is 61.5 Å². The van der Waals surface area contributed by atoms with E-state index in [0.717, 1.165) is 35.5 Å². The van der Waals surface area contributed by atoms with E-state index >= 15 is 0 Å². The predicted molar refractivity (Wildman–Crippen MR) is 163 cm³/mol. The van der Waals surface area contributed by atoms with Gasteiger partial charge in [0.15, 0.2) is 5.17 Å². The van der Waals surface area contributed by atoms with E-state index < -0.39 is 5.97 Å².